The molecule has 0 fully saturated rings. The van der Waals surface area contributed by atoms with Crippen LogP contribution in [0.25, 0.3) is 0 Å². The second-order valence-corrected chi connectivity index (χ2v) is 3.86. The Hall–Kier alpha value is 0.570. The maximum atomic E-state index is 5.38. The minimum absolute atomic E-state index is 0.0743. The SMILES string of the molecule is CNC[C@H](OC)[C@H](C)[C@@H](COI)OC. The Balaban J connectivity index is 4.13. The molecule has 0 spiro atoms. The number of methoxy groups -OCH3 is 2. The number of hydrogen-bond donors (Lipinski definition) is 1. The Morgan fingerprint density at radius 2 is 1.79 bits per heavy atom. The molecule has 0 heterocycles. The lowest BCUT2D eigenvalue weighted by Gasteiger charge is -2.28. The summed E-state index contributed by atoms with van der Waals surface area (Å²) in [5.41, 5.74) is 0. The largest absolute Gasteiger partial charge is 0.380 e. The van der Waals surface area contributed by atoms with E-state index in [4.69, 9.17) is 12.5 Å². The molecule has 0 unspecified atom stereocenters. The third kappa shape index (κ3) is 4.88. The highest BCUT2D eigenvalue weighted by Gasteiger charge is 2.25. The van der Waals surface area contributed by atoms with E-state index in [1.165, 1.54) is 0 Å². The van der Waals surface area contributed by atoms with Gasteiger partial charge >= 0.3 is 0 Å². The fourth-order valence-electron chi connectivity index (χ4n) is 1.42. The summed E-state index contributed by atoms with van der Waals surface area (Å²) in [6.07, 6.45) is 0.224. The molecule has 0 saturated heterocycles. The topological polar surface area (TPSA) is 39.7 Å². The standard InChI is InChI=1S/C9H20INO3/c1-7(8(12-3)5-11-2)9(13-4)6-14-10/h7-9,11H,5-6H2,1-4H3/t7-,8-,9+/m0/s1. The molecule has 0 aliphatic rings. The van der Waals surface area contributed by atoms with E-state index in [-0.39, 0.29) is 12.2 Å². The van der Waals surface area contributed by atoms with Gasteiger partial charge in [-0.3, -0.25) is 0 Å². The third-order valence-electron chi connectivity index (χ3n) is 2.41. The van der Waals surface area contributed by atoms with Crippen molar-refractivity contribution in [1.82, 2.24) is 5.32 Å². The summed E-state index contributed by atoms with van der Waals surface area (Å²) in [6.45, 7) is 3.51. The highest BCUT2D eigenvalue weighted by molar-refractivity contribution is 14.1. The lowest BCUT2D eigenvalue weighted by atomic mass is 9.98. The lowest BCUT2D eigenvalue weighted by Crippen LogP contribution is -2.40. The van der Waals surface area contributed by atoms with Gasteiger partial charge in [0.05, 0.1) is 18.8 Å². The van der Waals surface area contributed by atoms with Gasteiger partial charge in [-0.15, -0.1) is 0 Å². The number of nitrogens with one attached hydrogen (secondary N) is 1. The van der Waals surface area contributed by atoms with Crippen LogP contribution < -0.4 is 5.32 Å². The normalized spacial score (nSPS) is 17.8. The summed E-state index contributed by atoms with van der Waals surface area (Å²) in [7, 11) is 5.33. The minimum Gasteiger partial charge on any atom is -0.380 e. The predicted molar refractivity (Wildman–Crippen MR) is 64.7 cm³/mol. The van der Waals surface area contributed by atoms with Crippen LogP contribution in [0.15, 0.2) is 0 Å². The zero-order valence-electron chi connectivity index (χ0n) is 9.25. The Morgan fingerprint density at radius 1 is 1.21 bits per heavy atom. The van der Waals surface area contributed by atoms with Gasteiger partial charge in [0.2, 0.25) is 0 Å². The van der Waals surface area contributed by atoms with Gasteiger partial charge in [-0.25, -0.2) is 0 Å². The van der Waals surface area contributed by atoms with Gasteiger partial charge in [-0.1, -0.05) is 6.92 Å². The van der Waals surface area contributed by atoms with Crippen molar-refractivity contribution >= 4 is 23.0 Å². The van der Waals surface area contributed by atoms with Gasteiger partial charge in [0.1, 0.15) is 23.0 Å². The second-order valence-electron chi connectivity index (χ2n) is 3.24. The molecule has 0 radical (unpaired) electrons. The molecular weight excluding hydrogens is 297 g/mol. The van der Waals surface area contributed by atoms with Crippen molar-refractivity contribution in [1.29, 1.82) is 0 Å². The Bertz CT molecular complexity index is 123. The van der Waals surface area contributed by atoms with Crippen LogP contribution in [0.5, 0.6) is 0 Å². The van der Waals surface area contributed by atoms with E-state index in [1.54, 1.807) is 14.2 Å². The van der Waals surface area contributed by atoms with Crippen LogP contribution >= 0.6 is 23.0 Å². The zero-order valence-corrected chi connectivity index (χ0v) is 11.4. The molecule has 0 aromatic heterocycles. The van der Waals surface area contributed by atoms with E-state index in [9.17, 15) is 0 Å². The number of ether oxygens (including phenoxy) is 2. The summed E-state index contributed by atoms with van der Waals surface area (Å²) in [4.78, 5) is 0. The molecule has 0 aromatic rings. The minimum atomic E-state index is 0.0743. The van der Waals surface area contributed by atoms with E-state index in [0.717, 1.165) is 6.54 Å². The maximum absolute atomic E-state index is 5.38. The first kappa shape index (κ1) is 14.6. The zero-order chi connectivity index (χ0) is 11.0. The molecule has 3 atom stereocenters. The molecule has 0 aliphatic carbocycles. The highest BCUT2D eigenvalue weighted by atomic mass is 127. The summed E-state index contributed by atoms with van der Waals surface area (Å²) < 4.78 is 15.8. The van der Waals surface area contributed by atoms with E-state index < -0.39 is 0 Å². The molecule has 14 heavy (non-hydrogen) atoms. The smallest absolute Gasteiger partial charge is 0.109 e. The molecule has 0 bridgehead atoms. The van der Waals surface area contributed by atoms with Crippen molar-refractivity contribution < 1.29 is 12.5 Å². The van der Waals surface area contributed by atoms with Crippen LogP contribution in [0.1, 0.15) is 6.92 Å². The molecule has 0 rings (SSSR count). The summed E-state index contributed by atoms with van der Waals surface area (Å²) >= 11 is 1.88. The number of likely N-dealkylation sites (N-methyl/N-ethyl adjacent to an activating group) is 1. The molecule has 0 aliphatic heterocycles. The summed E-state index contributed by atoms with van der Waals surface area (Å²) in [6, 6.07) is 0. The number of rotatable bonds is 8. The van der Waals surface area contributed by atoms with Gasteiger partial charge < -0.3 is 17.9 Å². The van der Waals surface area contributed by atoms with Crippen molar-refractivity contribution in [2.24, 2.45) is 5.92 Å². The average Bonchev–Trinajstić information content (AvgIpc) is 2.21. The van der Waals surface area contributed by atoms with Gasteiger partial charge in [0.15, 0.2) is 0 Å². The number of halogens is 1. The van der Waals surface area contributed by atoms with Gasteiger partial charge in [0.25, 0.3) is 0 Å². The Labute approximate surface area is 100 Å². The Morgan fingerprint density at radius 3 is 2.14 bits per heavy atom. The van der Waals surface area contributed by atoms with Gasteiger partial charge in [-0.05, 0) is 7.05 Å². The molecule has 0 saturated carbocycles. The Kier molecular flexibility index (Phi) is 9.20. The van der Waals surface area contributed by atoms with E-state index in [2.05, 4.69) is 12.2 Å². The van der Waals surface area contributed by atoms with Crippen LogP contribution in [0, 0.1) is 5.92 Å². The third-order valence-corrected chi connectivity index (χ3v) is 2.77. The molecule has 4 nitrogen and oxygen atoms in total. The van der Waals surface area contributed by atoms with Crippen LogP contribution in [0.3, 0.4) is 0 Å². The van der Waals surface area contributed by atoms with Crippen molar-refractivity contribution in [3.05, 3.63) is 0 Å². The van der Waals surface area contributed by atoms with Crippen molar-refractivity contribution in [3.63, 3.8) is 0 Å². The predicted octanol–water partition coefficient (Wildman–Crippen LogP) is 1.24. The first-order chi connectivity index (χ1) is 6.71. The van der Waals surface area contributed by atoms with Crippen molar-refractivity contribution in [2.45, 2.75) is 19.1 Å². The summed E-state index contributed by atoms with van der Waals surface area (Å²) in [5, 5.41) is 3.10. The fourth-order valence-corrected chi connectivity index (χ4v) is 1.78. The molecular formula is C9H20INO3. The van der Waals surface area contributed by atoms with Crippen LogP contribution in [0.2, 0.25) is 0 Å². The van der Waals surface area contributed by atoms with Crippen LogP contribution in [-0.2, 0) is 12.5 Å². The number of hydrogen-bond acceptors (Lipinski definition) is 4. The summed E-state index contributed by atoms with van der Waals surface area (Å²) in [5.74, 6) is 0.298. The van der Waals surface area contributed by atoms with E-state index in [1.807, 2.05) is 30.1 Å². The first-order valence-corrected chi connectivity index (χ1v) is 5.53. The average molecular weight is 317 g/mol. The quantitative estimate of drug-likeness (QED) is 0.684. The molecule has 86 valence electrons. The molecule has 1 N–H and O–H groups in total. The monoisotopic (exact) mass is 317 g/mol. The van der Waals surface area contributed by atoms with Gasteiger partial charge in [-0.2, -0.15) is 0 Å². The van der Waals surface area contributed by atoms with Gasteiger partial charge in [0, 0.05) is 26.7 Å². The van der Waals surface area contributed by atoms with E-state index in [0.29, 0.717) is 12.5 Å². The molecule has 0 aromatic carbocycles. The fraction of sp³-hybridized carbons (Fsp3) is 1.00. The molecule has 0 amide bonds. The van der Waals surface area contributed by atoms with Crippen molar-refractivity contribution in [3.8, 4) is 0 Å². The first-order valence-electron chi connectivity index (χ1n) is 4.64. The van der Waals surface area contributed by atoms with Crippen molar-refractivity contribution in [2.75, 3.05) is 34.4 Å². The lowest BCUT2D eigenvalue weighted by molar-refractivity contribution is -0.0364. The maximum Gasteiger partial charge on any atom is 0.109 e. The second kappa shape index (κ2) is 8.84. The molecule has 5 heteroatoms. The van der Waals surface area contributed by atoms with Crippen LogP contribution in [0.4, 0.5) is 0 Å². The van der Waals surface area contributed by atoms with Crippen LogP contribution in [-0.4, -0.2) is 46.6 Å². The van der Waals surface area contributed by atoms with E-state index >= 15 is 0 Å². The highest BCUT2D eigenvalue weighted by Crippen LogP contribution is 2.15.